The number of thiazole rings is 1. The highest BCUT2D eigenvalue weighted by molar-refractivity contribution is 7.13. The topological polar surface area (TPSA) is 101 Å². The maximum absolute atomic E-state index is 12.9. The van der Waals surface area contributed by atoms with Crippen molar-refractivity contribution in [2.45, 2.75) is 32.6 Å². The fourth-order valence-electron chi connectivity index (χ4n) is 2.87. The third kappa shape index (κ3) is 9.29. The fourth-order valence-corrected chi connectivity index (χ4v) is 3.90. The second-order valence-electron chi connectivity index (χ2n) is 7.27. The molecule has 0 atom stereocenters. The maximum Gasteiger partial charge on any atom is 0.254 e. The molecule has 0 fully saturated rings. The summed E-state index contributed by atoms with van der Waals surface area (Å²) in [6.45, 7) is 3.02. The van der Waals surface area contributed by atoms with Crippen molar-refractivity contribution in [3.05, 3.63) is 44.9 Å². The Bertz CT molecular complexity index is 954. The van der Waals surface area contributed by atoms with E-state index in [2.05, 4.69) is 22.5 Å². The number of ether oxygens (including phenoxy) is 1. The van der Waals surface area contributed by atoms with Crippen LogP contribution in [-0.2, 0) is 20.7 Å². The van der Waals surface area contributed by atoms with Crippen LogP contribution in [0.1, 0.15) is 42.2 Å². The second-order valence-corrected chi connectivity index (χ2v) is 8.95. The number of carbonyl (C=O) groups is 3. The van der Waals surface area contributed by atoms with E-state index in [4.69, 9.17) is 27.9 Å². The minimum atomic E-state index is -0.413. The molecule has 2 rings (SSSR count). The summed E-state index contributed by atoms with van der Waals surface area (Å²) >= 11 is 13.2. The van der Waals surface area contributed by atoms with Crippen LogP contribution in [0.5, 0.6) is 0 Å². The van der Waals surface area contributed by atoms with E-state index in [-0.39, 0.29) is 43.0 Å². The van der Waals surface area contributed by atoms with Crippen molar-refractivity contribution in [3.63, 3.8) is 0 Å². The summed E-state index contributed by atoms with van der Waals surface area (Å²) in [4.78, 5) is 43.1. The first-order valence-electron chi connectivity index (χ1n) is 10.6. The van der Waals surface area contributed by atoms with Crippen molar-refractivity contribution < 1.29 is 19.1 Å². The van der Waals surface area contributed by atoms with Crippen molar-refractivity contribution in [1.82, 2.24) is 15.2 Å². The second kappa shape index (κ2) is 14.1. The molecular formula is C22H28Cl2N4O4S. The van der Waals surface area contributed by atoms with Crippen molar-refractivity contribution in [1.29, 1.82) is 0 Å². The molecule has 1 heterocycles. The molecule has 33 heavy (non-hydrogen) atoms. The van der Waals surface area contributed by atoms with Crippen LogP contribution in [0.3, 0.4) is 0 Å². The molecule has 0 aliphatic heterocycles. The molecule has 2 aromatic rings. The standard InChI is InChI=1S/C22H28Cl2N4O4S/c1-3-4-5-8-25-19(29)12-16-14-33-22(26-16)27-20(30)13-28(9-10-32-2)21(31)15-6-7-17(23)18(24)11-15/h6-7,11,14H,3-5,8-10,12-13H2,1-2H3,(H,25,29)(H,26,27,30). The molecule has 11 heteroatoms. The van der Waals surface area contributed by atoms with Gasteiger partial charge in [-0.2, -0.15) is 0 Å². The van der Waals surface area contributed by atoms with Gasteiger partial charge in [-0.15, -0.1) is 11.3 Å². The minimum Gasteiger partial charge on any atom is -0.383 e. The van der Waals surface area contributed by atoms with Crippen molar-refractivity contribution >= 4 is 57.4 Å². The fraction of sp³-hybridized carbons (Fsp3) is 0.455. The van der Waals surface area contributed by atoms with E-state index in [0.717, 1.165) is 19.3 Å². The summed E-state index contributed by atoms with van der Waals surface area (Å²) in [5, 5.41) is 8.23. The average Bonchev–Trinajstić information content (AvgIpc) is 3.21. The number of amides is 3. The number of rotatable bonds is 13. The highest BCUT2D eigenvalue weighted by Gasteiger charge is 2.20. The number of halogens is 2. The van der Waals surface area contributed by atoms with Gasteiger partial charge in [-0.3, -0.25) is 14.4 Å². The Hall–Kier alpha value is -2.20. The highest BCUT2D eigenvalue weighted by atomic mass is 35.5. The molecule has 1 aromatic heterocycles. The van der Waals surface area contributed by atoms with E-state index in [1.807, 2.05) is 0 Å². The predicted molar refractivity (Wildman–Crippen MR) is 131 cm³/mol. The normalized spacial score (nSPS) is 10.7. The molecule has 0 radical (unpaired) electrons. The van der Waals surface area contributed by atoms with Crippen molar-refractivity contribution in [2.75, 3.05) is 38.7 Å². The summed E-state index contributed by atoms with van der Waals surface area (Å²) in [5.41, 5.74) is 0.890. The van der Waals surface area contributed by atoms with Crippen LogP contribution in [0, 0.1) is 0 Å². The Balaban J connectivity index is 1.93. The summed E-state index contributed by atoms with van der Waals surface area (Å²) in [5.74, 6) is -0.892. The number of anilines is 1. The number of nitrogens with zero attached hydrogens (tertiary/aromatic N) is 2. The van der Waals surface area contributed by atoms with Crippen molar-refractivity contribution in [2.24, 2.45) is 0 Å². The van der Waals surface area contributed by atoms with E-state index in [9.17, 15) is 14.4 Å². The number of aromatic nitrogens is 1. The average molecular weight is 515 g/mol. The summed E-state index contributed by atoms with van der Waals surface area (Å²) in [6.07, 6.45) is 3.25. The lowest BCUT2D eigenvalue weighted by molar-refractivity contribution is -0.120. The maximum atomic E-state index is 12.9. The lowest BCUT2D eigenvalue weighted by atomic mass is 10.2. The Morgan fingerprint density at radius 1 is 1.15 bits per heavy atom. The lowest BCUT2D eigenvalue weighted by Crippen LogP contribution is -2.40. The molecule has 180 valence electrons. The van der Waals surface area contributed by atoms with Gasteiger partial charge in [0.2, 0.25) is 11.8 Å². The minimum absolute atomic E-state index is 0.104. The van der Waals surface area contributed by atoms with E-state index in [1.165, 1.54) is 35.5 Å². The number of methoxy groups -OCH3 is 1. The Morgan fingerprint density at radius 2 is 1.94 bits per heavy atom. The van der Waals surface area contributed by atoms with Gasteiger partial charge in [0, 0.05) is 31.1 Å². The number of hydrogen-bond donors (Lipinski definition) is 2. The number of carbonyl (C=O) groups excluding carboxylic acids is 3. The van der Waals surface area contributed by atoms with Crippen LogP contribution in [0.2, 0.25) is 10.0 Å². The SMILES string of the molecule is CCCCCNC(=O)Cc1csc(NC(=O)CN(CCOC)C(=O)c2ccc(Cl)c(Cl)c2)n1. The van der Waals surface area contributed by atoms with Crippen molar-refractivity contribution in [3.8, 4) is 0 Å². The van der Waals surface area contributed by atoms with Crippen LogP contribution in [0.15, 0.2) is 23.6 Å². The monoisotopic (exact) mass is 514 g/mol. The molecule has 2 N–H and O–H groups in total. The largest absolute Gasteiger partial charge is 0.383 e. The summed E-state index contributed by atoms with van der Waals surface area (Å²) in [6, 6.07) is 4.54. The molecule has 0 saturated carbocycles. The van der Waals surface area contributed by atoms with E-state index < -0.39 is 5.91 Å². The molecule has 0 saturated heterocycles. The Morgan fingerprint density at radius 3 is 2.64 bits per heavy atom. The van der Waals surface area contributed by atoms with Gasteiger partial charge in [0.1, 0.15) is 6.54 Å². The molecule has 0 bridgehead atoms. The predicted octanol–water partition coefficient (Wildman–Crippen LogP) is 4.03. The highest BCUT2D eigenvalue weighted by Crippen LogP contribution is 2.23. The first-order valence-corrected chi connectivity index (χ1v) is 12.2. The van der Waals surface area contributed by atoms with Crippen LogP contribution in [0.4, 0.5) is 5.13 Å². The number of hydrogen-bond acceptors (Lipinski definition) is 6. The van der Waals surface area contributed by atoms with Gasteiger partial charge in [-0.25, -0.2) is 4.98 Å². The van der Waals surface area contributed by atoms with Crippen LogP contribution in [0.25, 0.3) is 0 Å². The van der Waals surface area contributed by atoms with Gasteiger partial charge in [0.15, 0.2) is 5.13 Å². The lowest BCUT2D eigenvalue weighted by Gasteiger charge is -2.22. The van der Waals surface area contributed by atoms with E-state index in [0.29, 0.717) is 28.0 Å². The number of benzene rings is 1. The molecule has 0 unspecified atom stereocenters. The van der Waals surface area contributed by atoms with Gasteiger partial charge in [0.05, 0.1) is 28.8 Å². The van der Waals surface area contributed by atoms with Gasteiger partial charge in [-0.1, -0.05) is 43.0 Å². The quantitative estimate of drug-likeness (QED) is 0.393. The third-order valence-corrected chi connectivity index (χ3v) is 6.14. The first kappa shape index (κ1) is 27.0. The van der Waals surface area contributed by atoms with E-state index in [1.54, 1.807) is 11.4 Å². The zero-order chi connectivity index (χ0) is 24.2. The molecule has 3 amide bonds. The number of nitrogens with one attached hydrogen (secondary N) is 2. The van der Waals surface area contributed by atoms with Gasteiger partial charge >= 0.3 is 0 Å². The van der Waals surface area contributed by atoms with Crippen LogP contribution < -0.4 is 10.6 Å². The van der Waals surface area contributed by atoms with Gasteiger partial charge in [-0.05, 0) is 24.6 Å². The summed E-state index contributed by atoms with van der Waals surface area (Å²) in [7, 11) is 1.51. The molecule has 0 spiro atoms. The number of unbranched alkanes of at least 4 members (excludes halogenated alkanes) is 2. The molecule has 0 aliphatic rings. The Kier molecular flexibility index (Phi) is 11.6. The molecule has 8 nitrogen and oxygen atoms in total. The summed E-state index contributed by atoms with van der Waals surface area (Å²) < 4.78 is 5.06. The van der Waals surface area contributed by atoms with E-state index >= 15 is 0 Å². The zero-order valence-electron chi connectivity index (χ0n) is 18.7. The zero-order valence-corrected chi connectivity index (χ0v) is 21.0. The third-order valence-electron chi connectivity index (χ3n) is 4.60. The van der Waals surface area contributed by atoms with Gasteiger partial charge in [0.25, 0.3) is 5.91 Å². The van der Waals surface area contributed by atoms with Gasteiger partial charge < -0.3 is 20.3 Å². The Labute approximate surface area is 207 Å². The van der Waals surface area contributed by atoms with Crippen LogP contribution >= 0.6 is 34.5 Å². The molecule has 1 aromatic carbocycles. The first-order chi connectivity index (χ1) is 15.8. The smallest absolute Gasteiger partial charge is 0.254 e. The molecule has 0 aliphatic carbocycles. The van der Waals surface area contributed by atoms with Crippen LogP contribution in [-0.4, -0.2) is 61.0 Å². The molecular weight excluding hydrogens is 487 g/mol.